The SMILES string of the molecule is [C-]#[N+]C1(c2ccccc2)CCN(c2c(C(=O)N3CCC(C)(O)CC3)cnc3ccc(F)cc23)CC1. The number of halogens is 1. The predicted octanol–water partition coefficient (Wildman–Crippen LogP) is 4.78. The summed E-state index contributed by atoms with van der Waals surface area (Å²) in [4.78, 5) is 26.0. The topological polar surface area (TPSA) is 61.0 Å². The van der Waals surface area contributed by atoms with Crippen molar-refractivity contribution in [2.24, 2.45) is 0 Å². The highest BCUT2D eigenvalue weighted by Gasteiger charge is 2.43. The van der Waals surface area contributed by atoms with Gasteiger partial charge in [-0.1, -0.05) is 30.3 Å². The Morgan fingerprint density at radius 3 is 2.40 bits per heavy atom. The molecule has 3 aromatic rings. The number of carbonyl (C=O) groups excluding carboxylic acids is 1. The summed E-state index contributed by atoms with van der Waals surface area (Å²) in [6.07, 6.45) is 3.84. The van der Waals surface area contributed by atoms with E-state index in [1.165, 1.54) is 12.1 Å². The van der Waals surface area contributed by atoms with Gasteiger partial charge in [0.1, 0.15) is 5.82 Å². The Bertz CT molecular complexity index is 1280. The lowest BCUT2D eigenvalue weighted by Gasteiger charge is -2.38. The number of likely N-dealkylation sites (tertiary alicyclic amines) is 1. The predicted molar refractivity (Wildman–Crippen MR) is 134 cm³/mol. The van der Waals surface area contributed by atoms with Crippen molar-refractivity contribution >= 4 is 22.5 Å². The van der Waals surface area contributed by atoms with Crippen molar-refractivity contribution in [3.63, 3.8) is 0 Å². The maximum absolute atomic E-state index is 14.3. The molecule has 2 fully saturated rings. The van der Waals surface area contributed by atoms with Crippen molar-refractivity contribution in [1.29, 1.82) is 0 Å². The lowest BCUT2D eigenvalue weighted by atomic mass is 9.81. The van der Waals surface area contributed by atoms with Crippen molar-refractivity contribution in [3.05, 3.63) is 83.1 Å². The Kier molecular flexibility index (Phi) is 5.94. The number of aliphatic hydroxyl groups is 1. The first kappa shape index (κ1) is 23.3. The number of benzene rings is 2. The second kappa shape index (κ2) is 8.94. The molecule has 5 rings (SSSR count). The third-order valence-electron chi connectivity index (χ3n) is 7.59. The Hall–Kier alpha value is -3.50. The first-order valence-electron chi connectivity index (χ1n) is 12.1. The molecule has 0 saturated carbocycles. The molecule has 2 aromatic carbocycles. The molecule has 3 heterocycles. The van der Waals surface area contributed by atoms with Crippen LogP contribution in [-0.4, -0.2) is 52.7 Å². The number of fused-ring (bicyclic) bond motifs is 1. The molecule has 0 radical (unpaired) electrons. The maximum Gasteiger partial charge on any atom is 0.260 e. The summed E-state index contributed by atoms with van der Waals surface area (Å²) in [5.41, 5.74) is 1.40. The van der Waals surface area contributed by atoms with E-state index in [1.54, 1.807) is 24.1 Å². The van der Waals surface area contributed by atoms with Crippen LogP contribution in [0.2, 0.25) is 0 Å². The number of carbonyl (C=O) groups is 1. The van der Waals surface area contributed by atoms with E-state index in [0.29, 0.717) is 74.0 Å². The van der Waals surface area contributed by atoms with Crippen molar-refractivity contribution in [1.82, 2.24) is 9.88 Å². The van der Waals surface area contributed by atoms with E-state index in [2.05, 4.69) is 14.7 Å². The summed E-state index contributed by atoms with van der Waals surface area (Å²) in [6.45, 7) is 11.8. The van der Waals surface area contributed by atoms with Gasteiger partial charge in [0.05, 0.1) is 22.4 Å². The van der Waals surface area contributed by atoms with Gasteiger partial charge < -0.3 is 19.8 Å². The lowest BCUT2D eigenvalue weighted by molar-refractivity contribution is -0.00201. The van der Waals surface area contributed by atoms with Crippen LogP contribution in [0, 0.1) is 12.4 Å². The Morgan fingerprint density at radius 2 is 1.74 bits per heavy atom. The number of piperidine rings is 2. The number of hydrogen-bond acceptors (Lipinski definition) is 4. The van der Waals surface area contributed by atoms with Gasteiger partial charge in [0.15, 0.2) is 0 Å². The summed E-state index contributed by atoms with van der Waals surface area (Å²) < 4.78 is 14.3. The molecule has 2 aliphatic heterocycles. The van der Waals surface area contributed by atoms with Gasteiger partial charge in [0, 0.05) is 56.2 Å². The molecule has 180 valence electrons. The monoisotopic (exact) mass is 472 g/mol. The quantitative estimate of drug-likeness (QED) is 0.558. The van der Waals surface area contributed by atoms with E-state index < -0.39 is 11.1 Å². The minimum Gasteiger partial charge on any atom is -0.390 e. The largest absolute Gasteiger partial charge is 0.390 e. The number of hydrogen-bond donors (Lipinski definition) is 1. The summed E-state index contributed by atoms with van der Waals surface area (Å²) in [7, 11) is 0. The molecule has 0 atom stereocenters. The van der Waals surface area contributed by atoms with Crippen LogP contribution in [0.5, 0.6) is 0 Å². The van der Waals surface area contributed by atoms with Gasteiger partial charge in [-0.25, -0.2) is 11.0 Å². The molecule has 1 amide bonds. The molecule has 0 aliphatic carbocycles. The first-order chi connectivity index (χ1) is 16.8. The molecule has 6 nitrogen and oxygen atoms in total. The Morgan fingerprint density at radius 1 is 1.06 bits per heavy atom. The van der Waals surface area contributed by atoms with Crippen LogP contribution in [0.3, 0.4) is 0 Å². The highest BCUT2D eigenvalue weighted by atomic mass is 19.1. The van der Waals surface area contributed by atoms with E-state index >= 15 is 0 Å². The Labute approximate surface area is 204 Å². The molecular formula is C28H29FN4O2. The average molecular weight is 473 g/mol. The van der Waals surface area contributed by atoms with Crippen LogP contribution in [0.15, 0.2) is 54.7 Å². The normalized spacial score (nSPS) is 19.4. The van der Waals surface area contributed by atoms with Crippen molar-refractivity contribution in [2.45, 2.75) is 43.7 Å². The number of pyridine rings is 1. The van der Waals surface area contributed by atoms with E-state index in [-0.39, 0.29) is 11.7 Å². The Balaban J connectivity index is 1.51. The lowest BCUT2D eigenvalue weighted by Crippen LogP contribution is -2.46. The number of anilines is 1. The fourth-order valence-corrected chi connectivity index (χ4v) is 5.32. The highest BCUT2D eigenvalue weighted by Crippen LogP contribution is 2.41. The molecule has 35 heavy (non-hydrogen) atoms. The van der Waals surface area contributed by atoms with Gasteiger partial charge in [-0.3, -0.25) is 9.78 Å². The molecule has 0 bridgehead atoms. The van der Waals surface area contributed by atoms with E-state index in [0.717, 1.165) is 5.56 Å². The van der Waals surface area contributed by atoms with Crippen LogP contribution in [0.4, 0.5) is 10.1 Å². The van der Waals surface area contributed by atoms with Crippen LogP contribution >= 0.6 is 0 Å². The molecule has 0 unspecified atom stereocenters. The molecule has 1 aromatic heterocycles. The third-order valence-corrected chi connectivity index (χ3v) is 7.59. The fraction of sp³-hybridized carbons (Fsp3) is 0.393. The minimum atomic E-state index is -0.766. The van der Waals surface area contributed by atoms with Gasteiger partial charge in [-0.15, -0.1) is 0 Å². The summed E-state index contributed by atoms with van der Waals surface area (Å²) in [5, 5.41) is 10.9. The summed E-state index contributed by atoms with van der Waals surface area (Å²) in [6, 6.07) is 14.3. The van der Waals surface area contributed by atoms with E-state index in [9.17, 15) is 14.3 Å². The minimum absolute atomic E-state index is 0.153. The zero-order valence-electron chi connectivity index (χ0n) is 19.9. The zero-order chi connectivity index (χ0) is 24.6. The number of aromatic nitrogens is 1. The van der Waals surface area contributed by atoms with Crippen LogP contribution in [-0.2, 0) is 5.54 Å². The van der Waals surface area contributed by atoms with Gasteiger partial charge >= 0.3 is 0 Å². The van der Waals surface area contributed by atoms with Crippen molar-refractivity contribution in [2.75, 3.05) is 31.1 Å². The fourth-order valence-electron chi connectivity index (χ4n) is 5.32. The number of amides is 1. The highest BCUT2D eigenvalue weighted by molar-refractivity contribution is 6.07. The molecule has 2 aliphatic rings. The maximum atomic E-state index is 14.3. The second-order valence-corrected chi connectivity index (χ2v) is 9.97. The standard InChI is InChI=1S/C28H29FN4O2/c1-27(35)10-14-33(15-11-27)26(34)23-19-31-24-9-8-21(29)18-22(24)25(23)32-16-12-28(30-2,13-17-32)20-6-4-3-5-7-20/h3-9,18-19,35H,10-17H2,1H3. The summed E-state index contributed by atoms with van der Waals surface area (Å²) in [5.74, 6) is -0.532. The first-order valence-corrected chi connectivity index (χ1v) is 12.1. The second-order valence-electron chi connectivity index (χ2n) is 9.97. The number of rotatable bonds is 3. The van der Waals surface area contributed by atoms with E-state index in [1.807, 2.05) is 30.3 Å². The van der Waals surface area contributed by atoms with Gasteiger partial charge in [-0.2, -0.15) is 0 Å². The average Bonchev–Trinajstić information content (AvgIpc) is 2.88. The zero-order valence-corrected chi connectivity index (χ0v) is 19.9. The number of nitrogens with zero attached hydrogens (tertiary/aromatic N) is 4. The van der Waals surface area contributed by atoms with Crippen LogP contribution in [0.1, 0.15) is 48.5 Å². The molecule has 2 saturated heterocycles. The van der Waals surface area contributed by atoms with Crippen molar-refractivity contribution in [3.8, 4) is 0 Å². The molecule has 7 heteroatoms. The van der Waals surface area contributed by atoms with Crippen molar-refractivity contribution < 1.29 is 14.3 Å². The van der Waals surface area contributed by atoms with Crippen LogP contribution in [0.25, 0.3) is 15.7 Å². The molecule has 1 N–H and O–H groups in total. The molecular weight excluding hydrogens is 443 g/mol. The summed E-state index contributed by atoms with van der Waals surface area (Å²) >= 11 is 0. The van der Waals surface area contributed by atoms with Crippen LogP contribution < -0.4 is 4.90 Å². The van der Waals surface area contributed by atoms with Gasteiger partial charge in [-0.05, 0) is 38.0 Å². The van der Waals surface area contributed by atoms with Gasteiger partial charge in [0.25, 0.3) is 11.4 Å². The van der Waals surface area contributed by atoms with E-state index in [4.69, 9.17) is 6.57 Å². The molecule has 0 spiro atoms. The van der Waals surface area contributed by atoms with Gasteiger partial charge in [0.2, 0.25) is 0 Å². The smallest absolute Gasteiger partial charge is 0.260 e. The third kappa shape index (κ3) is 4.35.